The van der Waals surface area contributed by atoms with Crippen LogP contribution in [-0.2, 0) is 0 Å². The summed E-state index contributed by atoms with van der Waals surface area (Å²) in [5.41, 5.74) is 0. The highest BCUT2D eigenvalue weighted by atomic mass is 16.5. The summed E-state index contributed by atoms with van der Waals surface area (Å²) in [6.07, 6.45) is 3.06. The van der Waals surface area contributed by atoms with Crippen molar-refractivity contribution in [1.82, 2.24) is 10.2 Å². The third-order valence-electron chi connectivity index (χ3n) is 3.68. The number of rotatable bonds is 5. The second kappa shape index (κ2) is 7.78. The summed E-state index contributed by atoms with van der Waals surface area (Å²) in [4.78, 5) is 13.8. The maximum Gasteiger partial charge on any atom is 0.317 e. The molecule has 1 saturated heterocycles. The van der Waals surface area contributed by atoms with Crippen LogP contribution < -0.4 is 10.1 Å². The second-order valence-electron chi connectivity index (χ2n) is 5.42. The molecule has 2 amide bonds. The Hall–Kier alpha value is -1.71. The molecular formula is C16H24N2O2. The van der Waals surface area contributed by atoms with Gasteiger partial charge < -0.3 is 15.0 Å². The van der Waals surface area contributed by atoms with E-state index in [1.54, 1.807) is 0 Å². The summed E-state index contributed by atoms with van der Waals surface area (Å²) in [5, 5.41) is 2.96. The second-order valence-corrected chi connectivity index (χ2v) is 5.42. The van der Waals surface area contributed by atoms with Crippen LogP contribution in [0.5, 0.6) is 5.75 Å². The van der Waals surface area contributed by atoms with Crippen molar-refractivity contribution < 1.29 is 9.53 Å². The maximum absolute atomic E-state index is 11.9. The lowest BCUT2D eigenvalue weighted by Crippen LogP contribution is -2.44. The first-order valence-electron chi connectivity index (χ1n) is 7.46. The standard InChI is InChI=1S/C16H24N2O2/c1-14-8-11-18(12-9-14)16(19)17-10-5-13-20-15-6-3-2-4-7-15/h2-4,6-7,14H,5,8-13H2,1H3,(H,17,19). The van der Waals surface area contributed by atoms with E-state index in [-0.39, 0.29) is 6.03 Å². The number of ether oxygens (including phenoxy) is 1. The van der Waals surface area contributed by atoms with Crippen LogP contribution in [0.25, 0.3) is 0 Å². The van der Waals surface area contributed by atoms with Crippen LogP contribution in [-0.4, -0.2) is 37.2 Å². The minimum absolute atomic E-state index is 0.0663. The third-order valence-corrected chi connectivity index (χ3v) is 3.68. The zero-order valence-corrected chi connectivity index (χ0v) is 12.2. The monoisotopic (exact) mass is 276 g/mol. The van der Waals surface area contributed by atoms with Gasteiger partial charge in [-0.2, -0.15) is 0 Å². The largest absolute Gasteiger partial charge is 0.494 e. The highest BCUT2D eigenvalue weighted by Gasteiger charge is 2.19. The van der Waals surface area contributed by atoms with Crippen LogP contribution in [0, 0.1) is 5.92 Å². The van der Waals surface area contributed by atoms with E-state index in [2.05, 4.69) is 12.2 Å². The summed E-state index contributed by atoms with van der Waals surface area (Å²) in [5.74, 6) is 1.63. The molecule has 4 nitrogen and oxygen atoms in total. The first-order chi connectivity index (χ1) is 9.75. The van der Waals surface area contributed by atoms with Crippen molar-refractivity contribution in [2.45, 2.75) is 26.2 Å². The van der Waals surface area contributed by atoms with Crippen LogP contribution in [0.4, 0.5) is 4.79 Å². The number of benzene rings is 1. The fraction of sp³-hybridized carbons (Fsp3) is 0.562. The number of likely N-dealkylation sites (tertiary alicyclic amines) is 1. The molecule has 2 rings (SSSR count). The molecule has 1 N–H and O–H groups in total. The number of nitrogens with one attached hydrogen (secondary N) is 1. The van der Waals surface area contributed by atoms with Crippen LogP contribution in [0.15, 0.2) is 30.3 Å². The number of hydrogen-bond donors (Lipinski definition) is 1. The minimum atomic E-state index is 0.0663. The number of hydrogen-bond acceptors (Lipinski definition) is 2. The molecule has 110 valence electrons. The van der Waals surface area contributed by atoms with Gasteiger partial charge in [0.1, 0.15) is 5.75 Å². The molecule has 1 aromatic carbocycles. The highest BCUT2D eigenvalue weighted by molar-refractivity contribution is 5.74. The summed E-state index contributed by atoms with van der Waals surface area (Å²) in [6, 6.07) is 9.81. The third kappa shape index (κ3) is 4.76. The normalized spacial score (nSPS) is 15.9. The van der Waals surface area contributed by atoms with Crippen molar-refractivity contribution in [2.24, 2.45) is 5.92 Å². The molecular weight excluding hydrogens is 252 g/mol. The first kappa shape index (κ1) is 14.7. The molecule has 0 saturated carbocycles. The van der Waals surface area contributed by atoms with E-state index in [4.69, 9.17) is 4.74 Å². The van der Waals surface area contributed by atoms with Gasteiger partial charge in [0.15, 0.2) is 0 Å². The quantitative estimate of drug-likeness (QED) is 0.840. The predicted molar refractivity (Wildman–Crippen MR) is 79.9 cm³/mol. The molecule has 0 spiro atoms. The molecule has 1 aliphatic heterocycles. The maximum atomic E-state index is 11.9. The van der Waals surface area contributed by atoms with Gasteiger partial charge in [-0.3, -0.25) is 0 Å². The van der Waals surface area contributed by atoms with Crippen molar-refractivity contribution >= 4 is 6.03 Å². The van der Waals surface area contributed by atoms with E-state index < -0.39 is 0 Å². The van der Waals surface area contributed by atoms with Gasteiger partial charge in [-0.25, -0.2) is 4.79 Å². The fourth-order valence-electron chi connectivity index (χ4n) is 2.30. The average molecular weight is 276 g/mol. The summed E-state index contributed by atoms with van der Waals surface area (Å²) < 4.78 is 5.58. The predicted octanol–water partition coefficient (Wildman–Crippen LogP) is 2.90. The lowest BCUT2D eigenvalue weighted by molar-refractivity contribution is 0.173. The Labute approximate surface area is 121 Å². The summed E-state index contributed by atoms with van der Waals surface area (Å²) in [6.45, 7) is 5.30. The number of amides is 2. The van der Waals surface area contributed by atoms with Gasteiger partial charge in [-0.15, -0.1) is 0 Å². The Morgan fingerprint density at radius 2 is 2.00 bits per heavy atom. The van der Waals surface area contributed by atoms with Crippen molar-refractivity contribution in [1.29, 1.82) is 0 Å². The molecule has 0 unspecified atom stereocenters. The van der Waals surface area contributed by atoms with Crippen molar-refractivity contribution in [3.05, 3.63) is 30.3 Å². The molecule has 0 aromatic heterocycles. The number of urea groups is 1. The van der Waals surface area contributed by atoms with Crippen molar-refractivity contribution in [3.8, 4) is 5.75 Å². The average Bonchev–Trinajstić information content (AvgIpc) is 2.48. The molecule has 1 aromatic rings. The summed E-state index contributed by atoms with van der Waals surface area (Å²) >= 11 is 0. The van der Waals surface area contributed by atoms with E-state index >= 15 is 0 Å². The molecule has 4 heteroatoms. The van der Waals surface area contributed by atoms with Crippen LogP contribution >= 0.6 is 0 Å². The van der Waals surface area contributed by atoms with Gasteiger partial charge in [-0.1, -0.05) is 25.1 Å². The lowest BCUT2D eigenvalue weighted by atomic mass is 10.00. The Bertz CT molecular complexity index is 400. The highest BCUT2D eigenvalue weighted by Crippen LogP contribution is 2.15. The Morgan fingerprint density at radius 3 is 2.70 bits per heavy atom. The number of piperidine rings is 1. The van der Waals surface area contributed by atoms with E-state index in [0.29, 0.717) is 13.2 Å². The van der Waals surface area contributed by atoms with Gasteiger partial charge >= 0.3 is 6.03 Å². The molecule has 1 fully saturated rings. The Morgan fingerprint density at radius 1 is 1.30 bits per heavy atom. The molecule has 1 aliphatic rings. The number of nitrogens with zero attached hydrogens (tertiary/aromatic N) is 1. The number of carbonyl (C=O) groups excluding carboxylic acids is 1. The molecule has 0 aliphatic carbocycles. The molecule has 0 bridgehead atoms. The van der Waals surface area contributed by atoms with Crippen LogP contribution in [0.1, 0.15) is 26.2 Å². The zero-order chi connectivity index (χ0) is 14.2. The van der Waals surface area contributed by atoms with Crippen molar-refractivity contribution in [2.75, 3.05) is 26.2 Å². The number of para-hydroxylation sites is 1. The van der Waals surface area contributed by atoms with Gasteiger partial charge in [0.25, 0.3) is 0 Å². The van der Waals surface area contributed by atoms with E-state index in [0.717, 1.165) is 44.0 Å². The SMILES string of the molecule is CC1CCN(C(=O)NCCCOc2ccccc2)CC1. The van der Waals surface area contributed by atoms with E-state index in [1.165, 1.54) is 0 Å². The van der Waals surface area contributed by atoms with Gasteiger partial charge in [-0.05, 0) is 37.3 Å². The van der Waals surface area contributed by atoms with Gasteiger partial charge in [0.2, 0.25) is 0 Å². The molecule has 0 radical (unpaired) electrons. The Balaban J connectivity index is 1.55. The minimum Gasteiger partial charge on any atom is -0.494 e. The smallest absolute Gasteiger partial charge is 0.317 e. The van der Waals surface area contributed by atoms with Crippen molar-refractivity contribution in [3.63, 3.8) is 0 Å². The van der Waals surface area contributed by atoms with Crippen LogP contribution in [0.3, 0.4) is 0 Å². The fourth-order valence-corrected chi connectivity index (χ4v) is 2.30. The molecule has 0 atom stereocenters. The van der Waals surface area contributed by atoms with E-state index in [1.807, 2.05) is 35.2 Å². The summed E-state index contributed by atoms with van der Waals surface area (Å²) in [7, 11) is 0. The lowest BCUT2D eigenvalue weighted by Gasteiger charge is -2.30. The number of carbonyl (C=O) groups is 1. The topological polar surface area (TPSA) is 41.6 Å². The van der Waals surface area contributed by atoms with Gasteiger partial charge in [0.05, 0.1) is 6.61 Å². The van der Waals surface area contributed by atoms with E-state index in [9.17, 15) is 4.79 Å². The zero-order valence-electron chi connectivity index (χ0n) is 12.2. The van der Waals surface area contributed by atoms with Crippen LogP contribution in [0.2, 0.25) is 0 Å². The first-order valence-corrected chi connectivity index (χ1v) is 7.46. The molecule has 1 heterocycles. The Kier molecular flexibility index (Phi) is 5.71. The van der Waals surface area contributed by atoms with Gasteiger partial charge in [0, 0.05) is 19.6 Å². The molecule has 20 heavy (non-hydrogen) atoms.